The van der Waals surface area contributed by atoms with Gasteiger partial charge < -0.3 is 9.47 Å². The predicted octanol–water partition coefficient (Wildman–Crippen LogP) is 4.67. The number of rotatable bonds is 8. The van der Waals surface area contributed by atoms with E-state index in [0.29, 0.717) is 39.0 Å². The molecule has 0 saturated heterocycles. The highest BCUT2D eigenvalue weighted by Crippen LogP contribution is 2.31. The summed E-state index contributed by atoms with van der Waals surface area (Å²) < 4.78 is 12.7. The average molecular weight is 519 g/mol. The molecular formula is C30H34N2O4S. The number of aromatic nitrogens is 1. The van der Waals surface area contributed by atoms with Gasteiger partial charge in [0, 0.05) is 7.11 Å². The second-order valence-corrected chi connectivity index (χ2v) is 10.9. The molecule has 0 radical (unpaired) electrons. The molecule has 3 aromatic rings. The van der Waals surface area contributed by atoms with Crippen LogP contribution in [0.2, 0.25) is 0 Å². The van der Waals surface area contributed by atoms with Crippen molar-refractivity contribution < 1.29 is 14.3 Å². The summed E-state index contributed by atoms with van der Waals surface area (Å²) in [6, 6.07) is 15.7. The van der Waals surface area contributed by atoms with Crippen LogP contribution in [0.5, 0.6) is 0 Å². The number of fused-ring (bicyclic) bond motifs is 1. The maximum absolute atomic E-state index is 13.8. The lowest BCUT2D eigenvalue weighted by Gasteiger charge is -2.25. The van der Waals surface area contributed by atoms with Gasteiger partial charge in [-0.25, -0.2) is 9.79 Å². The molecule has 1 aliphatic heterocycles. The van der Waals surface area contributed by atoms with Crippen molar-refractivity contribution in [2.24, 2.45) is 4.99 Å². The number of carbonyl (C=O) groups is 1. The van der Waals surface area contributed by atoms with Gasteiger partial charge in [-0.2, -0.15) is 0 Å². The summed E-state index contributed by atoms with van der Waals surface area (Å²) in [6.45, 7) is 10.8. The molecule has 0 aliphatic carbocycles. The fourth-order valence-electron chi connectivity index (χ4n) is 4.39. The zero-order valence-electron chi connectivity index (χ0n) is 22.3. The van der Waals surface area contributed by atoms with Gasteiger partial charge in [0.25, 0.3) is 5.56 Å². The van der Waals surface area contributed by atoms with Crippen LogP contribution in [-0.4, -0.2) is 30.9 Å². The first kappa shape index (κ1) is 26.8. The van der Waals surface area contributed by atoms with Gasteiger partial charge in [0.15, 0.2) is 4.80 Å². The zero-order valence-corrected chi connectivity index (χ0v) is 23.1. The van der Waals surface area contributed by atoms with Gasteiger partial charge in [-0.1, -0.05) is 87.6 Å². The Hall–Kier alpha value is -3.29. The molecule has 1 atom stereocenters. The molecule has 0 saturated carbocycles. The van der Waals surface area contributed by atoms with E-state index >= 15 is 0 Å². The first-order valence-electron chi connectivity index (χ1n) is 12.6. The summed E-state index contributed by atoms with van der Waals surface area (Å²) >= 11 is 1.33. The van der Waals surface area contributed by atoms with Crippen LogP contribution in [-0.2, 0) is 14.3 Å². The Morgan fingerprint density at radius 1 is 1.00 bits per heavy atom. The molecule has 1 aromatic heterocycles. The number of thiazole rings is 1. The summed E-state index contributed by atoms with van der Waals surface area (Å²) in [5, 5.41) is 0. The molecule has 4 rings (SSSR count). The van der Waals surface area contributed by atoms with E-state index in [2.05, 4.69) is 57.0 Å². The number of hydrogen-bond donors (Lipinski definition) is 0. The molecule has 0 bridgehead atoms. The maximum Gasteiger partial charge on any atom is 0.338 e. The second-order valence-electron chi connectivity index (χ2n) is 9.85. The van der Waals surface area contributed by atoms with Gasteiger partial charge >= 0.3 is 5.97 Å². The van der Waals surface area contributed by atoms with E-state index in [1.807, 2.05) is 30.3 Å². The van der Waals surface area contributed by atoms with Crippen molar-refractivity contribution in [3.05, 3.63) is 102 Å². The van der Waals surface area contributed by atoms with Crippen LogP contribution in [0.15, 0.2) is 69.6 Å². The monoisotopic (exact) mass is 518 g/mol. The van der Waals surface area contributed by atoms with Gasteiger partial charge in [0.1, 0.15) is 6.61 Å². The van der Waals surface area contributed by atoms with Crippen LogP contribution < -0.4 is 14.9 Å². The fourth-order valence-corrected chi connectivity index (χ4v) is 5.43. The molecule has 37 heavy (non-hydrogen) atoms. The smallest absolute Gasteiger partial charge is 0.338 e. The Labute approximate surface area is 221 Å². The third kappa shape index (κ3) is 5.68. The predicted molar refractivity (Wildman–Crippen MR) is 148 cm³/mol. The number of methoxy groups -OCH3 is 1. The molecule has 6 nitrogen and oxygen atoms in total. The quantitative estimate of drug-likeness (QED) is 0.321. The SMILES string of the molecule is COCCOC(=O)C1=C(C)N=c2sc(=Cc3ccc(C(C)C)cc3)c(=O)n2C1c1ccc(C(C)C)cc1. The number of esters is 1. The third-order valence-corrected chi connectivity index (χ3v) is 7.56. The molecule has 2 aromatic carbocycles. The number of hydrogen-bond acceptors (Lipinski definition) is 6. The maximum atomic E-state index is 13.8. The van der Waals surface area contributed by atoms with Crippen LogP contribution >= 0.6 is 11.3 Å². The van der Waals surface area contributed by atoms with Crippen LogP contribution in [0, 0.1) is 0 Å². The van der Waals surface area contributed by atoms with E-state index in [1.165, 1.54) is 22.5 Å². The Balaban J connectivity index is 1.84. The number of allylic oxidation sites excluding steroid dienone is 1. The van der Waals surface area contributed by atoms with Crippen molar-refractivity contribution in [3.8, 4) is 0 Å². The molecule has 0 N–H and O–H groups in total. The Morgan fingerprint density at radius 3 is 2.16 bits per heavy atom. The van der Waals surface area contributed by atoms with Gasteiger partial charge in [0.2, 0.25) is 0 Å². The highest BCUT2D eigenvalue weighted by molar-refractivity contribution is 7.07. The topological polar surface area (TPSA) is 69.9 Å². The second kappa shape index (κ2) is 11.4. The van der Waals surface area contributed by atoms with Crippen molar-refractivity contribution in [3.63, 3.8) is 0 Å². The van der Waals surface area contributed by atoms with Crippen molar-refractivity contribution in [2.45, 2.75) is 52.5 Å². The lowest BCUT2D eigenvalue weighted by molar-refractivity contribution is -0.140. The number of nitrogens with zero attached hydrogens (tertiary/aromatic N) is 2. The lowest BCUT2D eigenvalue weighted by Crippen LogP contribution is -2.40. The molecule has 0 fully saturated rings. The van der Waals surface area contributed by atoms with Crippen LogP contribution in [0.3, 0.4) is 0 Å². The minimum atomic E-state index is -0.627. The highest BCUT2D eigenvalue weighted by atomic mass is 32.1. The minimum Gasteiger partial charge on any atom is -0.460 e. The average Bonchev–Trinajstić information content (AvgIpc) is 3.17. The van der Waals surface area contributed by atoms with E-state index in [4.69, 9.17) is 9.47 Å². The summed E-state index contributed by atoms with van der Waals surface area (Å²) in [5.41, 5.74) is 4.96. The molecular weight excluding hydrogens is 484 g/mol. The molecule has 2 heterocycles. The summed E-state index contributed by atoms with van der Waals surface area (Å²) in [4.78, 5) is 32.2. The van der Waals surface area contributed by atoms with Crippen molar-refractivity contribution in [2.75, 3.05) is 20.3 Å². The normalized spacial score (nSPS) is 15.8. The fraction of sp³-hybridized carbons (Fsp3) is 0.367. The summed E-state index contributed by atoms with van der Waals surface area (Å²) in [5.74, 6) is 0.315. The van der Waals surface area contributed by atoms with Gasteiger partial charge in [-0.15, -0.1) is 0 Å². The summed E-state index contributed by atoms with van der Waals surface area (Å²) in [7, 11) is 1.55. The van der Waals surface area contributed by atoms with E-state index < -0.39 is 12.0 Å². The standard InChI is InChI=1S/C30H34N2O4S/c1-18(2)22-9-7-21(8-10-22)17-25-28(33)32-27(24-13-11-23(12-14-24)19(3)4)26(20(5)31-30(32)37-25)29(34)36-16-15-35-6/h7-14,17-19,27H,15-16H2,1-6H3. The largest absolute Gasteiger partial charge is 0.460 e. The molecule has 1 aliphatic rings. The lowest BCUT2D eigenvalue weighted by atomic mass is 9.93. The van der Waals surface area contributed by atoms with E-state index in [0.717, 1.165) is 11.1 Å². The van der Waals surface area contributed by atoms with E-state index in [1.54, 1.807) is 18.6 Å². The zero-order chi connectivity index (χ0) is 26.7. The number of carbonyl (C=O) groups excluding carboxylic acids is 1. The van der Waals surface area contributed by atoms with Gasteiger partial charge in [-0.3, -0.25) is 9.36 Å². The molecule has 1 unspecified atom stereocenters. The number of ether oxygens (including phenoxy) is 2. The minimum absolute atomic E-state index is 0.127. The van der Waals surface area contributed by atoms with Crippen molar-refractivity contribution in [1.82, 2.24) is 4.57 Å². The Kier molecular flexibility index (Phi) is 8.25. The van der Waals surface area contributed by atoms with Crippen molar-refractivity contribution >= 4 is 23.4 Å². The van der Waals surface area contributed by atoms with E-state index in [9.17, 15) is 9.59 Å². The van der Waals surface area contributed by atoms with Crippen LogP contribution in [0.25, 0.3) is 6.08 Å². The van der Waals surface area contributed by atoms with E-state index in [-0.39, 0.29) is 12.2 Å². The Morgan fingerprint density at radius 2 is 1.59 bits per heavy atom. The molecule has 0 spiro atoms. The first-order chi connectivity index (χ1) is 17.7. The van der Waals surface area contributed by atoms with Gasteiger partial charge in [-0.05, 0) is 47.1 Å². The third-order valence-electron chi connectivity index (χ3n) is 6.58. The number of benzene rings is 2. The molecule has 0 amide bonds. The molecule has 194 valence electrons. The Bertz CT molecular complexity index is 1480. The first-order valence-corrected chi connectivity index (χ1v) is 13.4. The van der Waals surface area contributed by atoms with Crippen LogP contribution in [0.1, 0.15) is 74.8 Å². The molecule has 7 heteroatoms. The summed E-state index contributed by atoms with van der Waals surface area (Å²) in [6.07, 6.45) is 1.89. The highest BCUT2D eigenvalue weighted by Gasteiger charge is 2.33. The van der Waals surface area contributed by atoms with Crippen molar-refractivity contribution in [1.29, 1.82) is 0 Å². The van der Waals surface area contributed by atoms with Gasteiger partial charge in [0.05, 0.1) is 28.5 Å². The van der Waals surface area contributed by atoms with Crippen LogP contribution in [0.4, 0.5) is 0 Å².